The van der Waals surface area contributed by atoms with Crippen molar-refractivity contribution in [1.29, 1.82) is 0 Å². The van der Waals surface area contributed by atoms with Gasteiger partial charge in [-0.2, -0.15) is 0 Å². The Balaban J connectivity index is 0.00000169. The first-order valence-corrected chi connectivity index (χ1v) is 5.31. The van der Waals surface area contributed by atoms with Gasteiger partial charge in [0.05, 0.1) is 4.90 Å². The zero-order chi connectivity index (χ0) is 9.73. The Bertz CT molecular complexity index is 370. The molecule has 0 aliphatic heterocycles. The van der Waals surface area contributed by atoms with Crippen LogP contribution in [-0.4, -0.2) is 15.0 Å². The summed E-state index contributed by atoms with van der Waals surface area (Å²) in [6.07, 6.45) is 1.50. The quantitative estimate of drug-likeness (QED) is 0.775. The van der Waals surface area contributed by atoms with E-state index in [4.69, 9.17) is 0 Å². The highest BCUT2D eigenvalue weighted by molar-refractivity contribution is 7.89. The van der Waals surface area contributed by atoms with Crippen molar-refractivity contribution in [2.24, 2.45) is 0 Å². The van der Waals surface area contributed by atoms with Crippen LogP contribution in [-0.2, 0) is 10.0 Å². The second-order valence-corrected chi connectivity index (χ2v) is 4.22. The minimum Gasteiger partial charge on any atom is -0.207 e. The Kier molecular flexibility index (Phi) is 5.12. The van der Waals surface area contributed by atoms with Gasteiger partial charge in [-0.1, -0.05) is 31.7 Å². The minimum atomic E-state index is -3.34. The van der Waals surface area contributed by atoms with Gasteiger partial charge in [-0.25, -0.2) is 13.1 Å². The minimum absolute atomic E-state index is 0. The molecule has 0 unspecified atom stereocenters. The molecule has 4 heteroatoms. The van der Waals surface area contributed by atoms with Crippen LogP contribution in [0.1, 0.15) is 7.43 Å². The third-order valence-electron chi connectivity index (χ3n) is 1.47. The molecule has 14 heavy (non-hydrogen) atoms. The van der Waals surface area contributed by atoms with Gasteiger partial charge in [0.25, 0.3) is 0 Å². The van der Waals surface area contributed by atoms with Crippen molar-refractivity contribution in [3.05, 3.63) is 43.0 Å². The molecule has 0 radical (unpaired) electrons. The first kappa shape index (κ1) is 12.9. The zero-order valence-corrected chi connectivity index (χ0v) is 7.92. The number of hydrogen-bond acceptors (Lipinski definition) is 2. The topological polar surface area (TPSA) is 46.2 Å². The molecule has 0 heterocycles. The number of nitrogens with one attached hydrogen (secondary N) is 1. The molecular formula is C10H15NO2S. The molecular weight excluding hydrogens is 198 g/mol. The van der Waals surface area contributed by atoms with Crippen molar-refractivity contribution in [3.8, 4) is 0 Å². The summed E-state index contributed by atoms with van der Waals surface area (Å²) < 4.78 is 25.2. The Morgan fingerprint density at radius 2 is 1.86 bits per heavy atom. The van der Waals surface area contributed by atoms with E-state index in [0.717, 1.165) is 0 Å². The van der Waals surface area contributed by atoms with Crippen LogP contribution in [0, 0.1) is 0 Å². The Morgan fingerprint density at radius 3 is 2.36 bits per heavy atom. The number of rotatable bonds is 4. The molecule has 1 N–H and O–H groups in total. The van der Waals surface area contributed by atoms with Gasteiger partial charge in [-0.05, 0) is 12.1 Å². The first-order valence-electron chi connectivity index (χ1n) is 3.82. The fourth-order valence-corrected chi connectivity index (χ4v) is 1.87. The van der Waals surface area contributed by atoms with Gasteiger partial charge in [0.15, 0.2) is 0 Å². The van der Waals surface area contributed by atoms with Crippen LogP contribution in [0.15, 0.2) is 47.9 Å². The van der Waals surface area contributed by atoms with E-state index in [-0.39, 0.29) is 18.9 Å². The Hall–Kier alpha value is -1.13. The van der Waals surface area contributed by atoms with Crippen molar-refractivity contribution in [3.63, 3.8) is 0 Å². The van der Waals surface area contributed by atoms with Crippen LogP contribution in [0.25, 0.3) is 0 Å². The second-order valence-electron chi connectivity index (χ2n) is 2.45. The third kappa shape index (κ3) is 3.32. The van der Waals surface area contributed by atoms with Gasteiger partial charge >= 0.3 is 0 Å². The maximum absolute atomic E-state index is 11.4. The van der Waals surface area contributed by atoms with E-state index in [9.17, 15) is 8.42 Å². The maximum Gasteiger partial charge on any atom is 0.240 e. The van der Waals surface area contributed by atoms with Crippen LogP contribution in [0.2, 0.25) is 0 Å². The molecule has 0 aliphatic rings. The predicted molar refractivity (Wildman–Crippen MR) is 58.6 cm³/mol. The molecule has 0 fully saturated rings. The van der Waals surface area contributed by atoms with Crippen molar-refractivity contribution < 1.29 is 8.42 Å². The highest BCUT2D eigenvalue weighted by Crippen LogP contribution is 2.06. The SMILES string of the molecule is C.C=CCNS(=O)(=O)c1ccccc1. The maximum atomic E-state index is 11.4. The lowest BCUT2D eigenvalue weighted by molar-refractivity contribution is 0.585. The average molecular weight is 213 g/mol. The third-order valence-corrected chi connectivity index (χ3v) is 2.91. The highest BCUT2D eigenvalue weighted by atomic mass is 32.2. The molecule has 0 saturated heterocycles. The normalized spacial score (nSPS) is 10.3. The van der Waals surface area contributed by atoms with Gasteiger partial charge in [0.2, 0.25) is 10.0 Å². The standard InChI is InChI=1S/C9H11NO2S.CH4/c1-2-8-10-13(11,12)9-6-4-3-5-7-9;/h2-7,10H,1,8H2;1H4. The molecule has 1 rings (SSSR count). The number of hydrogen-bond donors (Lipinski definition) is 1. The van der Waals surface area contributed by atoms with Gasteiger partial charge < -0.3 is 0 Å². The van der Waals surface area contributed by atoms with Crippen molar-refractivity contribution in [2.45, 2.75) is 12.3 Å². The van der Waals surface area contributed by atoms with Gasteiger partial charge in [0.1, 0.15) is 0 Å². The van der Waals surface area contributed by atoms with E-state index in [0.29, 0.717) is 0 Å². The summed E-state index contributed by atoms with van der Waals surface area (Å²) in [5.41, 5.74) is 0. The first-order chi connectivity index (χ1) is 6.17. The lowest BCUT2D eigenvalue weighted by atomic mass is 10.4. The molecule has 0 amide bonds. The van der Waals surface area contributed by atoms with E-state index in [2.05, 4.69) is 11.3 Å². The zero-order valence-electron chi connectivity index (χ0n) is 7.10. The predicted octanol–water partition coefficient (Wildman–Crippen LogP) is 1.79. The monoisotopic (exact) mass is 213 g/mol. The van der Waals surface area contributed by atoms with E-state index in [1.807, 2.05) is 0 Å². The smallest absolute Gasteiger partial charge is 0.207 e. The summed E-state index contributed by atoms with van der Waals surface area (Å²) in [5.74, 6) is 0. The molecule has 0 atom stereocenters. The molecule has 0 aliphatic carbocycles. The van der Waals surface area contributed by atoms with Crippen LogP contribution in [0.4, 0.5) is 0 Å². The summed E-state index contributed by atoms with van der Waals surface area (Å²) in [6.45, 7) is 3.68. The van der Waals surface area contributed by atoms with Crippen molar-refractivity contribution in [2.75, 3.05) is 6.54 Å². The fraction of sp³-hybridized carbons (Fsp3) is 0.200. The summed E-state index contributed by atoms with van der Waals surface area (Å²) in [7, 11) is -3.34. The van der Waals surface area contributed by atoms with E-state index >= 15 is 0 Å². The summed E-state index contributed by atoms with van der Waals surface area (Å²) >= 11 is 0. The van der Waals surface area contributed by atoms with Crippen LogP contribution in [0.3, 0.4) is 0 Å². The van der Waals surface area contributed by atoms with E-state index < -0.39 is 10.0 Å². The number of sulfonamides is 1. The Morgan fingerprint density at radius 1 is 1.29 bits per heavy atom. The van der Waals surface area contributed by atoms with E-state index in [1.54, 1.807) is 30.3 Å². The molecule has 0 bridgehead atoms. The average Bonchev–Trinajstić information content (AvgIpc) is 2.16. The van der Waals surface area contributed by atoms with Crippen LogP contribution in [0.5, 0.6) is 0 Å². The second kappa shape index (κ2) is 5.57. The largest absolute Gasteiger partial charge is 0.240 e. The lowest BCUT2D eigenvalue weighted by Crippen LogP contribution is -2.23. The molecule has 0 spiro atoms. The van der Waals surface area contributed by atoms with Crippen molar-refractivity contribution >= 4 is 10.0 Å². The molecule has 1 aromatic rings. The Labute approximate surface area is 85.5 Å². The van der Waals surface area contributed by atoms with Crippen molar-refractivity contribution in [1.82, 2.24) is 4.72 Å². The lowest BCUT2D eigenvalue weighted by Gasteiger charge is -2.02. The number of benzene rings is 1. The molecule has 1 aromatic carbocycles. The summed E-state index contributed by atoms with van der Waals surface area (Å²) in [4.78, 5) is 0.275. The van der Waals surface area contributed by atoms with E-state index in [1.165, 1.54) is 6.08 Å². The highest BCUT2D eigenvalue weighted by Gasteiger charge is 2.10. The molecule has 0 aromatic heterocycles. The van der Waals surface area contributed by atoms with Gasteiger partial charge in [-0.15, -0.1) is 6.58 Å². The fourth-order valence-electron chi connectivity index (χ4n) is 0.852. The summed E-state index contributed by atoms with van der Waals surface area (Å²) in [6, 6.07) is 8.23. The van der Waals surface area contributed by atoms with Crippen LogP contribution >= 0.6 is 0 Å². The molecule has 3 nitrogen and oxygen atoms in total. The molecule has 78 valence electrons. The van der Waals surface area contributed by atoms with Crippen LogP contribution < -0.4 is 4.72 Å². The van der Waals surface area contributed by atoms with Gasteiger partial charge in [0, 0.05) is 6.54 Å². The summed E-state index contributed by atoms with van der Waals surface area (Å²) in [5, 5.41) is 0. The van der Waals surface area contributed by atoms with Gasteiger partial charge in [-0.3, -0.25) is 0 Å². The molecule has 0 saturated carbocycles.